The monoisotopic (exact) mass is 185 g/mol. The van der Waals surface area contributed by atoms with Gasteiger partial charge < -0.3 is 10.0 Å². The van der Waals surface area contributed by atoms with Crippen molar-refractivity contribution in [3.05, 3.63) is 28.8 Å². The van der Waals surface area contributed by atoms with Gasteiger partial charge in [0.15, 0.2) is 0 Å². The van der Waals surface area contributed by atoms with Crippen molar-refractivity contribution in [1.82, 2.24) is 4.90 Å². The van der Waals surface area contributed by atoms with E-state index in [1.54, 1.807) is 12.1 Å². The van der Waals surface area contributed by atoms with Crippen LogP contribution in [0.15, 0.2) is 18.2 Å². The van der Waals surface area contributed by atoms with E-state index in [0.717, 1.165) is 12.1 Å². The van der Waals surface area contributed by atoms with Crippen molar-refractivity contribution in [3.8, 4) is 5.75 Å². The summed E-state index contributed by atoms with van der Waals surface area (Å²) in [5.74, 6) is 0.149. The van der Waals surface area contributed by atoms with Crippen molar-refractivity contribution in [2.24, 2.45) is 0 Å². The zero-order valence-electron chi connectivity index (χ0n) is 7.21. The Morgan fingerprint density at radius 1 is 1.42 bits per heavy atom. The standard InChI is InChI=1S/C9H12ClNO/c1-11(2)6-7-3-4-8(10)9(12)5-7/h3-5,12H,6H2,1-2H3. The second kappa shape index (κ2) is 3.78. The highest BCUT2D eigenvalue weighted by Crippen LogP contribution is 2.23. The first kappa shape index (κ1) is 9.36. The predicted octanol–water partition coefficient (Wildman–Crippen LogP) is 2.11. The van der Waals surface area contributed by atoms with Gasteiger partial charge in [-0.25, -0.2) is 0 Å². The molecule has 2 nitrogen and oxygen atoms in total. The van der Waals surface area contributed by atoms with Gasteiger partial charge in [-0.3, -0.25) is 0 Å². The molecule has 0 saturated carbocycles. The fourth-order valence-corrected chi connectivity index (χ4v) is 1.14. The van der Waals surface area contributed by atoms with E-state index in [-0.39, 0.29) is 5.75 Å². The topological polar surface area (TPSA) is 23.5 Å². The van der Waals surface area contributed by atoms with Crippen molar-refractivity contribution in [3.63, 3.8) is 0 Å². The number of phenols is 1. The Morgan fingerprint density at radius 2 is 2.08 bits per heavy atom. The van der Waals surface area contributed by atoms with E-state index in [4.69, 9.17) is 11.6 Å². The normalized spacial score (nSPS) is 10.7. The van der Waals surface area contributed by atoms with Crippen LogP contribution in [-0.2, 0) is 6.54 Å². The first-order valence-electron chi connectivity index (χ1n) is 3.71. The van der Waals surface area contributed by atoms with Gasteiger partial charge in [0.2, 0.25) is 0 Å². The molecule has 0 bridgehead atoms. The number of phenolic OH excluding ortho intramolecular Hbond substituents is 1. The largest absolute Gasteiger partial charge is 0.506 e. The summed E-state index contributed by atoms with van der Waals surface area (Å²) in [4.78, 5) is 2.03. The number of rotatable bonds is 2. The van der Waals surface area contributed by atoms with Crippen LogP contribution in [0.25, 0.3) is 0 Å². The molecule has 0 aliphatic heterocycles. The number of aromatic hydroxyl groups is 1. The van der Waals surface area contributed by atoms with E-state index in [0.29, 0.717) is 5.02 Å². The Hall–Kier alpha value is -0.730. The summed E-state index contributed by atoms with van der Waals surface area (Å²) in [5.41, 5.74) is 1.06. The maximum Gasteiger partial charge on any atom is 0.134 e. The lowest BCUT2D eigenvalue weighted by Gasteiger charge is -2.09. The van der Waals surface area contributed by atoms with Crippen molar-refractivity contribution in [1.29, 1.82) is 0 Å². The molecule has 0 spiro atoms. The summed E-state index contributed by atoms with van der Waals surface area (Å²) in [6.45, 7) is 0.810. The Labute approximate surface area is 77.4 Å². The molecule has 0 heterocycles. The summed E-state index contributed by atoms with van der Waals surface area (Å²) in [7, 11) is 3.96. The Balaban J connectivity index is 2.82. The molecule has 1 rings (SSSR count). The quantitative estimate of drug-likeness (QED) is 0.763. The highest BCUT2D eigenvalue weighted by Gasteiger charge is 2.00. The maximum atomic E-state index is 9.26. The van der Waals surface area contributed by atoms with Gasteiger partial charge >= 0.3 is 0 Å². The molecule has 0 aliphatic carbocycles. The summed E-state index contributed by atoms with van der Waals surface area (Å²) < 4.78 is 0. The van der Waals surface area contributed by atoms with Crippen molar-refractivity contribution < 1.29 is 5.11 Å². The van der Waals surface area contributed by atoms with E-state index < -0.39 is 0 Å². The zero-order chi connectivity index (χ0) is 9.14. The third kappa shape index (κ3) is 2.40. The lowest BCUT2D eigenvalue weighted by molar-refractivity contribution is 0.400. The van der Waals surface area contributed by atoms with Crippen LogP contribution < -0.4 is 0 Å². The minimum absolute atomic E-state index is 0.149. The fourth-order valence-electron chi connectivity index (χ4n) is 1.02. The van der Waals surface area contributed by atoms with Crippen LogP contribution in [0.4, 0.5) is 0 Å². The molecule has 1 aromatic carbocycles. The minimum atomic E-state index is 0.149. The van der Waals surface area contributed by atoms with E-state index in [1.165, 1.54) is 0 Å². The summed E-state index contributed by atoms with van der Waals surface area (Å²) in [6.07, 6.45) is 0. The highest BCUT2D eigenvalue weighted by molar-refractivity contribution is 6.31. The smallest absolute Gasteiger partial charge is 0.134 e. The van der Waals surface area contributed by atoms with Crippen LogP contribution in [0.5, 0.6) is 5.75 Å². The lowest BCUT2D eigenvalue weighted by Crippen LogP contribution is -2.10. The van der Waals surface area contributed by atoms with Gasteiger partial charge in [-0.15, -0.1) is 0 Å². The van der Waals surface area contributed by atoms with Gasteiger partial charge in [-0.2, -0.15) is 0 Å². The van der Waals surface area contributed by atoms with Crippen molar-refractivity contribution in [2.75, 3.05) is 14.1 Å². The molecule has 0 aliphatic rings. The molecule has 0 amide bonds. The molecule has 3 heteroatoms. The number of hydrogen-bond acceptors (Lipinski definition) is 2. The predicted molar refractivity (Wildman–Crippen MR) is 50.5 cm³/mol. The van der Waals surface area contributed by atoms with Crippen LogP contribution in [0.1, 0.15) is 5.56 Å². The summed E-state index contributed by atoms with van der Waals surface area (Å²) in [5, 5.41) is 9.66. The first-order valence-corrected chi connectivity index (χ1v) is 4.09. The third-order valence-corrected chi connectivity index (χ3v) is 1.83. The second-order valence-corrected chi connectivity index (χ2v) is 3.43. The molecule has 1 aromatic rings. The average Bonchev–Trinajstić information content (AvgIpc) is 1.96. The van der Waals surface area contributed by atoms with Gasteiger partial charge in [0, 0.05) is 6.54 Å². The van der Waals surface area contributed by atoms with Crippen LogP contribution in [0, 0.1) is 0 Å². The summed E-state index contributed by atoms with van der Waals surface area (Å²) >= 11 is 5.65. The highest BCUT2D eigenvalue weighted by atomic mass is 35.5. The molecule has 66 valence electrons. The maximum absolute atomic E-state index is 9.26. The van der Waals surface area contributed by atoms with E-state index in [2.05, 4.69) is 0 Å². The van der Waals surface area contributed by atoms with Crippen molar-refractivity contribution in [2.45, 2.75) is 6.54 Å². The van der Waals surface area contributed by atoms with Gasteiger partial charge in [0.25, 0.3) is 0 Å². The molecular formula is C9H12ClNO. The molecule has 0 aromatic heterocycles. The zero-order valence-corrected chi connectivity index (χ0v) is 7.97. The molecule has 1 N–H and O–H groups in total. The van der Waals surface area contributed by atoms with E-state index >= 15 is 0 Å². The van der Waals surface area contributed by atoms with Crippen LogP contribution in [-0.4, -0.2) is 24.1 Å². The number of halogens is 1. The first-order chi connectivity index (χ1) is 5.59. The van der Waals surface area contributed by atoms with Gasteiger partial charge in [-0.1, -0.05) is 17.7 Å². The lowest BCUT2D eigenvalue weighted by atomic mass is 10.2. The van der Waals surface area contributed by atoms with Gasteiger partial charge in [0.05, 0.1) is 5.02 Å². The SMILES string of the molecule is CN(C)Cc1ccc(Cl)c(O)c1. The number of hydrogen-bond donors (Lipinski definition) is 1. The van der Waals surface area contributed by atoms with E-state index in [1.807, 2.05) is 25.1 Å². The minimum Gasteiger partial charge on any atom is -0.506 e. The van der Waals surface area contributed by atoms with Crippen molar-refractivity contribution >= 4 is 11.6 Å². The molecule has 12 heavy (non-hydrogen) atoms. The third-order valence-electron chi connectivity index (χ3n) is 1.51. The molecule has 0 saturated heterocycles. The molecular weight excluding hydrogens is 174 g/mol. The van der Waals surface area contributed by atoms with Crippen LogP contribution >= 0.6 is 11.6 Å². The average molecular weight is 186 g/mol. The van der Waals surface area contributed by atoms with E-state index in [9.17, 15) is 5.11 Å². The number of nitrogens with zero attached hydrogens (tertiary/aromatic N) is 1. The Morgan fingerprint density at radius 3 is 2.58 bits per heavy atom. The number of benzene rings is 1. The van der Waals surface area contributed by atoms with Crippen LogP contribution in [0.3, 0.4) is 0 Å². The fraction of sp³-hybridized carbons (Fsp3) is 0.333. The Bertz CT molecular complexity index is 273. The second-order valence-electron chi connectivity index (χ2n) is 3.02. The Kier molecular flexibility index (Phi) is 2.95. The molecule has 0 atom stereocenters. The van der Waals surface area contributed by atoms with Gasteiger partial charge in [-0.05, 0) is 31.8 Å². The molecule has 0 unspecified atom stereocenters. The van der Waals surface area contributed by atoms with Gasteiger partial charge in [0.1, 0.15) is 5.75 Å². The van der Waals surface area contributed by atoms with Crippen LogP contribution in [0.2, 0.25) is 5.02 Å². The molecule has 0 radical (unpaired) electrons. The molecule has 0 fully saturated rings. The summed E-state index contributed by atoms with van der Waals surface area (Å²) in [6, 6.07) is 5.29.